The highest BCUT2D eigenvalue weighted by Gasteiger charge is 2.17. The summed E-state index contributed by atoms with van der Waals surface area (Å²) in [6.45, 7) is 8.77. The number of hydrogen-bond donors (Lipinski definition) is 0. The van der Waals surface area contributed by atoms with Crippen LogP contribution in [0.25, 0.3) is 17.0 Å². The number of piperidine rings is 1. The third-order valence-corrected chi connectivity index (χ3v) is 6.45. The number of benzene rings is 1. The zero-order chi connectivity index (χ0) is 26.9. The molecule has 1 aliphatic heterocycles. The molecule has 38 heavy (non-hydrogen) atoms. The molecule has 1 fully saturated rings. The van der Waals surface area contributed by atoms with Gasteiger partial charge >= 0.3 is 0 Å². The summed E-state index contributed by atoms with van der Waals surface area (Å²) in [5.74, 6) is 1.81. The fourth-order valence-corrected chi connectivity index (χ4v) is 4.29. The minimum Gasteiger partial charge on any atom is -0.490 e. The summed E-state index contributed by atoms with van der Waals surface area (Å²) >= 11 is 0. The van der Waals surface area contributed by atoms with Crippen molar-refractivity contribution < 1.29 is 4.74 Å². The molecule has 8 nitrogen and oxygen atoms in total. The highest BCUT2D eigenvalue weighted by Crippen LogP contribution is 2.21. The van der Waals surface area contributed by atoms with E-state index in [1.54, 1.807) is 24.5 Å². The number of nitriles is 1. The lowest BCUT2D eigenvalue weighted by Gasteiger charge is -2.28. The fourth-order valence-electron chi connectivity index (χ4n) is 4.29. The van der Waals surface area contributed by atoms with Gasteiger partial charge in [-0.05, 0) is 69.6 Å². The van der Waals surface area contributed by atoms with Gasteiger partial charge in [-0.3, -0.25) is 4.79 Å². The van der Waals surface area contributed by atoms with Crippen molar-refractivity contribution in [3.63, 3.8) is 0 Å². The van der Waals surface area contributed by atoms with E-state index in [0.29, 0.717) is 40.9 Å². The summed E-state index contributed by atoms with van der Waals surface area (Å²) in [5.41, 5.74) is 3.10. The van der Waals surface area contributed by atoms with E-state index in [0.717, 1.165) is 37.1 Å². The van der Waals surface area contributed by atoms with Gasteiger partial charge in [-0.25, -0.2) is 14.6 Å². The molecule has 8 heteroatoms. The molecule has 3 aromatic rings. The van der Waals surface area contributed by atoms with E-state index in [2.05, 4.69) is 33.6 Å². The van der Waals surface area contributed by atoms with E-state index in [1.807, 2.05) is 49.4 Å². The van der Waals surface area contributed by atoms with E-state index < -0.39 is 0 Å². The largest absolute Gasteiger partial charge is 0.490 e. The Kier molecular flexibility index (Phi) is 8.96. The molecular weight excluding hydrogens is 476 g/mol. The summed E-state index contributed by atoms with van der Waals surface area (Å²) in [6.07, 6.45) is 11.0. The minimum atomic E-state index is -0.222. The van der Waals surface area contributed by atoms with E-state index in [4.69, 9.17) is 10.00 Å². The summed E-state index contributed by atoms with van der Waals surface area (Å²) in [6, 6.07) is 12.9. The smallest absolute Gasteiger partial charge is 0.267 e. The molecule has 1 aromatic carbocycles. The van der Waals surface area contributed by atoms with E-state index in [1.165, 1.54) is 10.7 Å². The Labute approximate surface area is 223 Å². The van der Waals surface area contributed by atoms with Gasteiger partial charge in [-0.1, -0.05) is 36.9 Å². The molecular formula is C30H32N6O2. The fraction of sp³-hybridized carbons (Fsp3) is 0.300. The number of allylic oxidation sites excluding steroid dienone is 5. The zero-order valence-corrected chi connectivity index (χ0v) is 21.9. The second kappa shape index (κ2) is 12.7. The second-order valence-corrected chi connectivity index (χ2v) is 9.45. The average molecular weight is 509 g/mol. The summed E-state index contributed by atoms with van der Waals surface area (Å²) < 4.78 is 7.35. The first kappa shape index (κ1) is 26.7. The average Bonchev–Trinajstić information content (AvgIpc) is 2.94. The van der Waals surface area contributed by atoms with Gasteiger partial charge in [0.25, 0.3) is 5.56 Å². The van der Waals surface area contributed by atoms with Crippen molar-refractivity contribution in [1.29, 1.82) is 5.26 Å². The minimum absolute atomic E-state index is 0.222. The van der Waals surface area contributed by atoms with Gasteiger partial charge in [0.05, 0.1) is 37.3 Å². The molecule has 0 amide bonds. The van der Waals surface area contributed by atoms with Gasteiger partial charge in [0, 0.05) is 22.8 Å². The highest BCUT2D eigenvalue weighted by atomic mass is 16.5. The standard InChI is InChI=1S/C30H32N6O2/c1-4-6-25(15-22(2)17-31)28-9-10-29(37)36(34-28)20-24-7-5-8-26(16-24)30-32-18-27(19-33-30)38-21-23-11-13-35(3)14-12-23/h4-10,15-16,18-19,23H,2,11-14,20-21H2,1,3H3/b6-4-,25-15+. The lowest BCUT2D eigenvalue weighted by Crippen LogP contribution is -2.32. The molecule has 3 heterocycles. The molecule has 1 saturated heterocycles. The van der Waals surface area contributed by atoms with E-state index >= 15 is 0 Å². The molecule has 0 saturated carbocycles. The number of ether oxygens (including phenoxy) is 1. The molecule has 1 aliphatic rings. The Hall–Kier alpha value is -4.35. The van der Waals surface area contributed by atoms with Gasteiger partial charge in [0.1, 0.15) is 0 Å². The number of likely N-dealkylation sites (tertiary alicyclic amines) is 1. The Morgan fingerprint density at radius 3 is 2.68 bits per heavy atom. The van der Waals surface area contributed by atoms with Crippen molar-refractivity contribution in [2.75, 3.05) is 26.7 Å². The lowest BCUT2D eigenvalue weighted by molar-refractivity contribution is 0.159. The molecule has 0 bridgehead atoms. The lowest BCUT2D eigenvalue weighted by atomic mass is 9.98. The second-order valence-electron chi connectivity index (χ2n) is 9.45. The van der Waals surface area contributed by atoms with Gasteiger partial charge < -0.3 is 9.64 Å². The predicted molar refractivity (Wildman–Crippen MR) is 148 cm³/mol. The van der Waals surface area contributed by atoms with Crippen LogP contribution >= 0.6 is 0 Å². The van der Waals surface area contributed by atoms with E-state index in [-0.39, 0.29) is 12.1 Å². The third-order valence-electron chi connectivity index (χ3n) is 6.45. The van der Waals surface area contributed by atoms with Crippen LogP contribution in [0.3, 0.4) is 0 Å². The van der Waals surface area contributed by atoms with Gasteiger partial charge in [-0.2, -0.15) is 10.4 Å². The Balaban J connectivity index is 1.47. The SMILES string of the molecule is C=C(C#N)/C=C(\C=C/C)c1ccc(=O)n(Cc2cccc(-c3ncc(OCC4CCN(C)CC4)cn3)c2)n1. The zero-order valence-electron chi connectivity index (χ0n) is 21.9. The maximum atomic E-state index is 12.6. The number of rotatable bonds is 9. The van der Waals surface area contributed by atoms with Gasteiger partial charge in [-0.15, -0.1) is 0 Å². The van der Waals surface area contributed by atoms with Crippen molar-refractivity contribution >= 4 is 5.57 Å². The number of aromatic nitrogens is 4. The maximum Gasteiger partial charge on any atom is 0.267 e. The number of hydrogen-bond acceptors (Lipinski definition) is 7. The van der Waals surface area contributed by atoms with Gasteiger partial charge in [0.2, 0.25) is 0 Å². The summed E-state index contributed by atoms with van der Waals surface area (Å²) in [7, 11) is 2.15. The van der Waals surface area contributed by atoms with Crippen LogP contribution in [0.2, 0.25) is 0 Å². The Bertz CT molecular complexity index is 1420. The van der Waals surface area contributed by atoms with E-state index in [9.17, 15) is 4.79 Å². The first-order chi connectivity index (χ1) is 18.4. The van der Waals surface area contributed by atoms with Crippen LogP contribution in [-0.2, 0) is 6.54 Å². The third kappa shape index (κ3) is 7.11. The molecule has 0 aliphatic carbocycles. The topological polar surface area (TPSA) is 96.9 Å². The maximum absolute atomic E-state index is 12.6. The van der Waals surface area contributed by atoms with Crippen molar-refractivity contribution in [3.05, 3.63) is 101 Å². The number of nitrogens with zero attached hydrogens (tertiary/aromatic N) is 6. The molecule has 2 aromatic heterocycles. The highest BCUT2D eigenvalue weighted by molar-refractivity contribution is 5.74. The first-order valence-electron chi connectivity index (χ1n) is 12.7. The molecule has 0 radical (unpaired) electrons. The van der Waals surface area contributed by atoms with Crippen molar-refractivity contribution in [2.24, 2.45) is 5.92 Å². The normalized spacial score (nSPS) is 14.9. The van der Waals surface area contributed by atoms with Crippen molar-refractivity contribution in [3.8, 4) is 23.2 Å². The van der Waals surface area contributed by atoms with Crippen LogP contribution in [0.15, 0.2) is 84.0 Å². The van der Waals surface area contributed by atoms with Crippen LogP contribution in [0, 0.1) is 17.2 Å². The van der Waals surface area contributed by atoms with Crippen LogP contribution in [0.5, 0.6) is 5.75 Å². The predicted octanol–water partition coefficient (Wildman–Crippen LogP) is 4.51. The quantitative estimate of drug-likeness (QED) is 0.310. The van der Waals surface area contributed by atoms with Gasteiger partial charge in [0.15, 0.2) is 11.6 Å². The summed E-state index contributed by atoms with van der Waals surface area (Å²) in [4.78, 5) is 23.9. The van der Waals surface area contributed by atoms with Crippen LogP contribution in [0.4, 0.5) is 0 Å². The van der Waals surface area contributed by atoms with Crippen LogP contribution in [-0.4, -0.2) is 51.4 Å². The van der Waals surface area contributed by atoms with Crippen LogP contribution < -0.4 is 10.3 Å². The molecule has 0 atom stereocenters. The molecule has 0 unspecified atom stereocenters. The molecule has 4 rings (SSSR count). The Morgan fingerprint density at radius 1 is 1.21 bits per heavy atom. The van der Waals surface area contributed by atoms with Crippen LogP contribution in [0.1, 0.15) is 31.0 Å². The van der Waals surface area contributed by atoms with Crippen molar-refractivity contribution in [2.45, 2.75) is 26.3 Å². The molecule has 194 valence electrons. The first-order valence-corrected chi connectivity index (χ1v) is 12.7. The van der Waals surface area contributed by atoms with Crippen molar-refractivity contribution in [1.82, 2.24) is 24.6 Å². The summed E-state index contributed by atoms with van der Waals surface area (Å²) in [5, 5.41) is 13.6. The molecule has 0 spiro atoms. The Morgan fingerprint density at radius 2 is 1.97 bits per heavy atom. The monoisotopic (exact) mass is 508 g/mol. The molecule has 0 N–H and O–H groups in total.